The van der Waals surface area contributed by atoms with Gasteiger partial charge in [-0.1, -0.05) is 31.5 Å². The van der Waals surface area contributed by atoms with E-state index in [-0.39, 0.29) is 23.7 Å². The molecule has 0 radical (unpaired) electrons. The van der Waals surface area contributed by atoms with Crippen LogP contribution < -0.4 is 5.32 Å². The molecular weight excluding hydrogens is 338 g/mol. The summed E-state index contributed by atoms with van der Waals surface area (Å²) in [7, 11) is 1.89. The molecule has 1 aromatic carbocycles. The number of hydrogen-bond acceptors (Lipinski definition) is 3. The van der Waals surface area contributed by atoms with Crippen LogP contribution in [0.4, 0.5) is 5.69 Å². The van der Waals surface area contributed by atoms with Gasteiger partial charge in [-0.25, -0.2) is 0 Å². The van der Waals surface area contributed by atoms with E-state index in [2.05, 4.69) is 17.2 Å². The number of benzene rings is 1. The maximum absolute atomic E-state index is 12.7. The van der Waals surface area contributed by atoms with Crippen molar-refractivity contribution >= 4 is 28.4 Å². The van der Waals surface area contributed by atoms with Gasteiger partial charge in [0, 0.05) is 37.0 Å². The Morgan fingerprint density at radius 2 is 1.81 bits per heavy atom. The fourth-order valence-corrected chi connectivity index (χ4v) is 3.86. The first kappa shape index (κ1) is 19.3. The maximum atomic E-state index is 12.7. The number of carbonyl (C=O) groups excluding carboxylic acids is 2. The molecule has 5 heteroatoms. The molecule has 1 aliphatic carbocycles. The SMILES string of the molecule is CCCCN(C)C(=O)C1CCC(C(=O)Nc2cccc3cccnc23)CC1. The zero-order chi connectivity index (χ0) is 19.2. The van der Waals surface area contributed by atoms with Gasteiger partial charge in [-0.15, -0.1) is 0 Å². The van der Waals surface area contributed by atoms with Gasteiger partial charge in [0.1, 0.15) is 0 Å². The van der Waals surface area contributed by atoms with E-state index < -0.39 is 0 Å². The predicted octanol–water partition coefficient (Wildman–Crippen LogP) is 4.24. The lowest BCUT2D eigenvalue weighted by atomic mass is 9.81. The number of rotatable bonds is 6. The summed E-state index contributed by atoms with van der Waals surface area (Å²) < 4.78 is 0. The molecule has 1 N–H and O–H groups in total. The molecule has 144 valence electrons. The number of carbonyl (C=O) groups is 2. The summed E-state index contributed by atoms with van der Waals surface area (Å²) in [6.45, 7) is 2.96. The number of fused-ring (bicyclic) bond motifs is 1. The van der Waals surface area contributed by atoms with Gasteiger partial charge >= 0.3 is 0 Å². The van der Waals surface area contributed by atoms with Crippen LogP contribution in [0.2, 0.25) is 0 Å². The van der Waals surface area contributed by atoms with Crippen molar-refractivity contribution in [1.82, 2.24) is 9.88 Å². The van der Waals surface area contributed by atoms with Gasteiger partial charge in [-0.05, 0) is 44.2 Å². The number of nitrogens with one attached hydrogen (secondary N) is 1. The lowest BCUT2D eigenvalue weighted by Gasteiger charge is -2.30. The monoisotopic (exact) mass is 367 g/mol. The van der Waals surface area contributed by atoms with E-state index in [0.717, 1.165) is 61.7 Å². The first-order valence-corrected chi connectivity index (χ1v) is 9.99. The molecular formula is C22H29N3O2. The van der Waals surface area contributed by atoms with E-state index in [1.165, 1.54) is 0 Å². The summed E-state index contributed by atoms with van der Waals surface area (Å²) in [5.74, 6) is 0.308. The molecule has 0 unspecified atom stereocenters. The topological polar surface area (TPSA) is 62.3 Å². The lowest BCUT2D eigenvalue weighted by Crippen LogP contribution is -2.37. The largest absolute Gasteiger partial charge is 0.346 e. The second-order valence-electron chi connectivity index (χ2n) is 7.53. The third-order valence-corrected chi connectivity index (χ3v) is 5.56. The van der Waals surface area contributed by atoms with Crippen LogP contribution in [0.25, 0.3) is 10.9 Å². The molecule has 2 aromatic rings. The Kier molecular flexibility index (Phi) is 6.43. The zero-order valence-electron chi connectivity index (χ0n) is 16.3. The first-order valence-electron chi connectivity index (χ1n) is 9.99. The minimum atomic E-state index is -0.0334. The van der Waals surface area contributed by atoms with Gasteiger partial charge in [-0.2, -0.15) is 0 Å². The number of nitrogens with zero attached hydrogens (tertiary/aromatic N) is 2. The van der Waals surface area contributed by atoms with Gasteiger partial charge in [0.05, 0.1) is 11.2 Å². The molecule has 1 heterocycles. The van der Waals surface area contributed by atoms with E-state index in [4.69, 9.17) is 0 Å². The standard InChI is InChI=1S/C22H29N3O2/c1-3-4-15-25(2)22(27)18-12-10-17(11-13-18)21(26)24-19-9-5-7-16-8-6-14-23-20(16)19/h5-9,14,17-18H,3-4,10-13,15H2,1-2H3,(H,24,26). The Bertz CT molecular complexity index is 792. The minimum absolute atomic E-state index is 0.0334. The summed E-state index contributed by atoms with van der Waals surface area (Å²) in [6.07, 6.45) is 6.99. The van der Waals surface area contributed by atoms with Gasteiger partial charge < -0.3 is 10.2 Å². The second kappa shape index (κ2) is 8.98. The van der Waals surface area contributed by atoms with Crippen molar-refractivity contribution in [2.24, 2.45) is 11.8 Å². The fraction of sp³-hybridized carbons (Fsp3) is 0.500. The van der Waals surface area contributed by atoms with Crippen LogP contribution in [0.1, 0.15) is 45.4 Å². The molecule has 2 amide bonds. The van der Waals surface area contributed by atoms with Crippen molar-refractivity contribution in [3.63, 3.8) is 0 Å². The van der Waals surface area contributed by atoms with E-state index >= 15 is 0 Å². The third-order valence-electron chi connectivity index (χ3n) is 5.56. The summed E-state index contributed by atoms with van der Waals surface area (Å²) in [4.78, 5) is 31.5. The zero-order valence-corrected chi connectivity index (χ0v) is 16.3. The summed E-state index contributed by atoms with van der Waals surface area (Å²) in [6, 6.07) is 9.70. The van der Waals surface area contributed by atoms with Crippen LogP contribution in [0.15, 0.2) is 36.5 Å². The van der Waals surface area contributed by atoms with E-state index in [1.807, 2.05) is 42.3 Å². The Hall–Kier alpha value is -2.43. The van der Waals surface area contributed by atoms with Crippen LogP contribution in [0, 0.1) is 11.8 Å². The molecule has 1 fully saturated rings. The quantitative estimate of drug-likeness (QED) is 0.831. The molecule has 5 nitrogen and oxygen atoms in total. The molecule has 0 atom stereocenters. The van der Waals surface area contributed by atoms with Crippen molar-refractivity contribution in [2.45, 2.75) is 45.4 Å². The summed E-state index contributed by atoms with van der Waals surface area (Å²) >= 11 is 0. The van der Waals surface area contributed by atoms with Crippen LogP contribution in [-0.4, -0.2) is 35.3 Å². The molecule has 27 heavy (non-hydrogen) atoms. The molecule has 1 aliphatic rings. The molecule has 3 rings (SSSR count). The highest BCUT2D eigenvalue weighted by atomic mass is 16.2. The molecule has 0 aliphatic heterocycles. The maximum Gasteiger partial charge on any atom is 0.227 e. The number of para-hydroxylation sites is 1. The van der Waals surface area contributed by atoms with Crippen LogP contribution in [0.3, 0.4) is 0 Å². The number of pyridine rings is 1. The van der Waals surface area contributed by atoms with Crippen LogP contribution >= 0.6 is 0 Å². The van der Waals surface area contributed by atoms with E-state index in [9.17, 15) is 9.59 Å². The second-order valence-corrected chi connectivity index (χ2v) is 7.53. The molecule has 1 aromatic heterocycles. The summed E-state index contributed by atoms with van der Waals surface area (Å²) in [5.41, 5.74) is 1.57. The Balaban J connectivity index is 1.56. The molecule has 0 saturated heterocycles. The third kappa shape index (κ3) is 4.65. The Labute approximate surface area is 161 Å². The number of hydrogen-bond donors (Lipinski definition) is 1. The van der Waals surface area contributed by atoms with Crippen LogP contribution in [0.5, 0.6) is 0 Å². The summed E-state index contributed by atoms with van der Waals surface area (Å²) in [5, 5.41) is 4.07. The highest BCUT2D eigenvalue weighted by Gasteiger charge is 2.31. The van der Waals surface area contributed by atoms with Crippen molar-refractivity contribution in [2.75, 3.05) is 18.9 Å². The van der Waals surface area contributed by atoms with Gasteiger partial charge in [0.15, 0.2) is 0 Å². The van der Waals surface area contributed by atoms with Crippen molar-refractivity contribution < 1.29 is 9.59 Å². The molecule has 0 spiro atoms. The highest BCUT2D eigenvalue weighted by Crippen LogP contribution is 2.31. The lowest BCUT2D eigenvalue weighted by molar-refractivity contribution is -0.136. The predicted molar refractivity (Wildman–Crippen MR) is 108 cm³/mol. The van der Waals surface area contributed by atoms with Crippen molar-refractivity contribution in [3.8, 4) is 0 Å². The Morgan fingerprint density at radius 3 is 2.56 bits per heavy atom. The normalized spacial score (nSPS) is 19.6. The average Bonchev–Trinajstić information content (AvgIpc) is 2.71. The average molecular weight is 367 g/mol. The smallest absolute Gasteiger partial charge is 0.227 e. The number of aromatic nitrogens is 1. The Morgan fingerprint density at radius 1 is 1.11 bits per heavy atom. The minimum Gasteiger partial charge on any atom is -0.346 e. The molecule has 0 bridgehead atoms. The van der Waals surface area contributed by atoms with Crippen LogP contribution in [-0.2, 0) is 9.59 Å². The van der Waals surface area contributed by atoms with E-state index in [1.54, 1.807) is 6.20 Å². The number of amides is 2. The van der Waals surface area contributed by atoms with Gasteiger partial charge in [0.25, 0.3) is 0 Å². The van der Waals surface area contributed by atoms with Gasteiger partial charge in [0.2, 0.25) is 11.8 Å². The van der Waals surface area contributed by atoms with Crippen molar-refractivity contribution in [3.05, 3.63) is 36.5 Å². The number of anilines is 1. The van der Waals surface area contributed by atoms with E-state index in [0.29, 0.717) is 0 Å². The first-order chi connectivity index (χ1) is 13.1. The number of unbranched alkanes of at least 4 members (excludes halogenated alkanes) is 1. The highest BCUT2D eigenvalue weighted by molar-refractivity contribution is 6.01. The molecule has 1 saturated carbocycles. The fourth-order valence-electron chi connectivity index (χ4n) is 3.86. The van der Waals surface area contributed by atoms with Crippen molar-refractivity contribution in [1.29, 1.82) is 0 Å². The van der Waals surface area contributed by atoms with Gasteiger partial charge in [-0.3, -0.25) is 14.6 Å².